The fourth-order valence-corrected chi connectivity index (χ4v) is 18.9. The summed E-state index contributed by atoms with van der Waals surface area (Å²) in [7, 11) is 0. The van der Waals surface area contributed by atoms with Gasteiger partial charge in [0, 0.05) is 11.4 Å². The second kappa shape index (κ2) is 40.2. The first-order valence-corrected chi connectivity index (χ1v) is 36.8. The Kier molecular flexibility index (Phi) is 35.3. The zero-order valence-electron chi connectivity index (χ0n) is 53.3. The molecular weight excluding hydrogens is 901 g/mol. The highest BCUT2D eigenvalue weighted by Gasteiger charge is 2.34. The molecule has 0 heterocycles. The van der Waals surface area contributed by atoms with Crippen LogP contribution in [0.5, 0.6) is 0 Å². The Labute approximate surface area is 487 Å². The molecule has 0 aromatic carbocycles. The number of unbranched alkanes of at least 4 members (excludes halogenated alkanes) is 5. The van der Waals surface area contributed by atoms with Crippen molar-refractivity contribution in [1.29, 1.82) is 0 Å². The molecular formula is C75H158. The van der Waals surface area contributed by atoms with Gasteiger partial charge in [-0.1, -0.05) is 280 Å². The third-order valence-electron chi connectivity index (χ3n) is 24.4. The van der Waals surface area contributed by atoms with Crippen LogP contribution >= 0.6 is 0 Å². The van der Waals surface area contributed by atoms with Crippen LogP contribution in [-0.2, 0) is 0 Å². The summed E-state index contributed by atoms with van der Waals surface area (Å²) in [5, 5.41) is 0. The molecule has 0 aromatic rings. The summed E-state index contributed by atoms with van der Waals surface area (Å²) in [4.78, 5) is 0. The summed E-state index contributed by atoms with van der Waals surface area (Å²) in [5.41, 5.74) is 0. The second-order valence-corrected chi connectivity index (χ2v) is 29.6. The van der Waals surface area contributed by atoms with Crippen molar-refractivity contribution >= 4 is 0 Å². The smallest absolute Gasteiger partial charge is 0 e. The highest BCUT2D eigenvalue weighted by molar-refractivity contribution is 4.86. The minimum atomic E-state index is 0. The molecule has 8 rings (SSSR count). The molecule has 458 valence electrons. The third-order valence-corrected chi connectivity index (χ3v) is 24.4. The molecule has 0 aliphatic heterocycles. The monoisotopic (exact) mass is 1060 g/mol. The summed E-state index contributed by atoms with van der Waals surface area (Å²) < 4.78 is 0. The van der Waals surface area contributed by atoms with Crippen molar-refractivity contribution in [2.45, 2.75) is 383 Å². The molecule has 8 fully saturated rings. The molecule has 0 bridgehead atoms. The van der Waals surface area contributed by atoms with E-state index in [2.05, 4.69) is 55.4 Å². The molecule has 8 aliphatic rings. The molecule has 0 amide bonds. The Balaban J connectivity index is -0.000000486. The van der Waals surface area contributed by atoms with Crippen LogP contribution in [-0.4, -0.2) is 0 Å². The van der Waals surface area contributed by atoms with Gasteiger partial charge in [0.15, 0.2) is 0 Å². The zero-order valence-corrected chi connectivity index (χ0v) is 53.3. The fraction of sp³-hybridized carbons (Fsp3) is 1.00. The number of hydrogen-bond donors (Lipinski definition) is 0. The van der Waals surface area contributed by atoms with Gasteiger partial charge in [-0.05, 0) is 197 Å². The van der Waals surface area contributed by atoms with Crippen LogP contribution in [0.25, 0.3) is 0 Å². The van der Waals surface area contributed by atoms with Crippen LogP contribution in [0.4, 0.5) is 0 Å². The lowest BCUT2D eigenvalue weighted by Crippen LogP contribution is -2.25. The SMILES string of the molecule is CCCC1CCC(C2CCC(CC)CC2)CC1.CCCCC1CCC(C2CCC(CCC)CC2)CC1.CCCCCC1CCC(C2CCC(CC)CC2)CC1.CCCCCC1CCC(C2CCC(CCC)CC2)CC1.[HH].[HH].[HH].[HH].[HH].[HH].[HH].[HH]. The molecule has 0 atom stereocenters. The van der Waals surface area contributed by atoms with Gasteiger partial charge in [-0.3, -0.25) is 0 Å². The van der Waals surface area contributed by atoms with Gasteiger partial charge in [0.2, 0.25) is 0 Å². The van der Waals surface area contributed by atoms with Gasteiger partial charge in [0.1, 0.15) is 0 Å². The van der Waals surface area contributed by atoms with E-state index in [1.807, 2.05) is 0 Å². The van der Waals surface area contributed by atoms with Crippen molar-refractivity contribution < 1.29 is 11.4 Å². The molecule has 8 saturated carbocycles. The van der Waals surface area contributed by atoms with E-state index in [1.165, 1.54) is 148 Å². The lowest BCUT2D eigenvalue weighted by molar-refractivity contribution is 0.140. The average Bonchev–Trinajstić information content (AvgIpc) is 3.48. The van der Waals surface area contributed by atoms with Gasteiger partial charge in [0.25, 0.3) is 0 Å². The van der Waals surface area contributed by atoms with Crippen LogP contribution in [0, 0.1) is 94.7 Å². The zero-order chi connectivity index (χ0) is 53.3. The van der Waals surface area contributed by atoms with E-state index in [4.69, 9.17) is 0 Å². The predicted octanol–water partition coefficient (Wildman–Crippen LogP) is 27.9. The van der Waals surface area contributed by atoms with E-state index >= 15 is 0 Å². The normalized spacial score (nSPS) is 36.6. The number of hydrogen-bond acceptors (Lipinski definition) is 0. The van der Waals surface area contributed by atoms with E-state index in [1.54, 1.807) is 180 Å². The first-order chi connectivity index (χ1) is 36.8. The quantitative estimate of drug-likeness (QED) is 0.0895. The van der Waals surface area contributed by atoms with Gasteiger partial charge in [-0.2, -0.15) is 0 Å². The van der Waals surface area contributed by atoms with E-state index in [0.29, 0.717) is 0 Å². The summed E-state index contributed by atoms with van der Waals surface area (Å²) in [5.74, 6) is 17.6. The van der Waals surface area contributed by atoms with Crippen LogP contribution in [0.2, 0.25) is 0 Å². The molecule has 0 unspecified atom stereocenters. The van der Waals surface area contributed by atoms with Gasteiger partial charge >= 0.3 is 0 Å². The van der Waals surface area contributed by atoms with E-state index < -0.39 is 0 Å². The molecule has 0 nitrogen and oxygen atoms in total. The van der Waals surface area contributed by atoms with Crippen molar-refractivity contribution in [3.63, 3.8) is 0 Å². The standard InChI is InChI=1S/C20H38.2C19H36.C17H32.8H2/c1-3-5-6-8-18-11-15-20(16-12-18)19-13-9-17(7-4-2)10-14-19;1-3-5-6-7-17-10-14-19(15-11-17)18-12-8-16(4-2)9-13-18;1-3-5-7-17-10-14-19(15-11-17)18-12-8-16(6-4-2)9-13-18;1-3-5-15-8-12-17(13-9-15)16-10-6-14(4-2)7-11-16;;;;;;;;/h17-20H,3-16H2,1-2H3;2*16-19H,3-15H2,1-2H3;14-17H,3-13H2,1-2H3;8*1H. The first-order valence-electron chi connectivity index (χ1n) is 36.8. The van der Waals surface area contributed by atoms with Crippen LogP contribution in [0.1, 0.15) is 394 Å². The molecule has 0 N–H and O–H groups in total. The van der Waals surface area contributed by atoms with E-state index in [-0.39, 0.29) is 11.4 Å². The predicted molar refractivity (Wildman–Crippen MR) is 354 cm³/mol. The van der Waals surface area contributed by atoms with Gasteiger partial charge in [-0.25, -0.2) is 0 Å². The van der Waals surface area contributed by atoms with E-state index in [9.17, 15) is 0 Å². The molecule has 8 aliphatic carbocycles. The maximum Gasteiger partial charge on any atom is 0 e. The lowest BCUT2D eigenvalue weighted by atomic mass is 9.68. The van der Waals surface area contributed by atoms with Gasteiger partial charge in [-0.15, -0.1) is 0 Å². The maximum atomic E-state index is 2.38. The fourth-order valence-electron chi connectivity index (χ4n) is 18.9. The maximum absolute atomic E-state index is 2.38. The Bertz CT molecular complexity index is 1290. The van der Waals surface area contributed by atoms with Gasteiger partial charge < -0.3 is 0 Å². The van der Waals surface area contributed by atoms with E-state index in [0.717, 1.165) is 94.7 Å². The molecule has 0 aromatic heterocycles. The van der Waals surface area contributed by atoms with Crippen molar-refractivity contribution in [3.8, 4) is 0 Å². The van der Waals surface area contributed by atoms with Crippen LogP contribution < -0.4 is 0 Å². The molecule has 0 radical (unpaired) electrons. The number of rotatable bonds is 23. The molecule has 0 spiro atoms. The molecule has 75 heavy (non-hydrogen) atoms. The lowest BCUT2D eigenvalue weighted by Gasteiger charge is -2.38. The summed E-state index contributed by atoms with van der Waals surface area (Å²) in [6.45, 7) is 18.8. The summed E-state index contributed by atoms with van der Waals surface area (Å²) in [6.07, 6.45) is 77.5. The van der Waals surface area contributed by atoms with Gasteiger partial charge in [0.05, 0.1) is 0 Å². The minimum Gasteiger partial charge on any atom is -0.0654 e. The Hall–Kier alpha value is 0. The van der Waals surface area contributed by atoms with Crippen molar-refractivity contribution in [3.05, 3.63) is 0 Å². The third kappa shape index (κ3) is 25.4. The summed E-state index contributed by atoms with van der Waals surface area (Å²) >= 11 is 0. The minimum absolute atomic E-state index is 0. The Morgan fingerprint density at radius 2 is 0.347 bits per heavy atom. The first kappa shape index (κ1) is 65.8. The topological polar surface area (TPSA) is 0 Å². The second-order valence-electron chi connectivity index (χ2n) is 29.6. The summed E-state index contributed by atoms with van der Waals surface area (Å²) in [6, 6.07) is 0. The largest absolute Gasteiger partial charge is 0.0654 e. The molecule has 0 saturated heterocycles. The average molecular weight is 1060 g/mol. The van der Waals surface area contributed by atoms with Crippen molar-refractivity contribution in [2.75, 3.05) is 0 Å². The van der Waals surface area contributed by atoms with Crippen LogP contribution in [0.3, 0.4) is 0 Å². The highest BCUT2D eigenvalue weighted by atomic mass is 14.4. The van der Waals surface area contributed by atoms with Crippen molar-refractivity contribution in [1.82, 2.24) is 0 Å². The van der Waals surface area contributed by atoms with Crippen molar-refractivity contribution in [2.24, 2.45) is 94.7 Å². The molecule has 0 heteroatoms. The van der Waals surface area contributed by atoms with Crippen LogP contribution in [0.15, 0.2) is 0 Å². The Morgan fingerprint density at radius 3 is 0.520 bits per heavy atom. The Morgan fingerprint density at radius 1 is 0.173 bits per heavy atom. The highest BCUT2D eigenvalue weighted by Crippen LogP contribution is 2.47.